The van der Waals surface area contributed by atoms with E-state index in [1.54, 1.807) is 24.9 Å². The van der Waals surface area contributed by atoms with E-state index in [9.17, 15) is 4.79 Å². The van der Waals surface area contributed by atoms with Crippen molar-refractivity contribution >= 4 is 38.9 Å². The number of aryl methyl sites for hydroxylation is 1. The van der Waals surface area contributed by atoms with Crippen LogP contribution in [-0.4, -0.2) is 34.7 Å². The van der Waals surface area contributed by atoms with Gasteiger partial charge in [-0.15, -0.1) is 5.10 Å². The summed E-state index contributed by atoms with van der Waals surface area (Å²) in [5.74, 6) is 1.63. The number of nitrogens with zero attached hydrogens (tertiary/aromatic N) is 3. The highest BCUT2D eigenvalue weighted by molar-refractivity contribution is 7.18. The zero-order chi connectivity index (χ0) is 26.9. The lowest BCUT2D eigenvalue weighted by Gasteiger charge is -2.11. The molecule has 9 nitrogen and oxygen atoms in total. The molecule has 0 radical (unpaired) electrons. The quantitative estimate of drug-likeness (QED) is 0.240. The van der Waals surface area contributed by atoms with Crippen molar-refractivity contribution < 1.29 is 23.4 Å². The van der Waals surface area contributed by atoms with Gasteiger partial charge in [0.15, 0.2) is 5.76 Å². The van der Waals surface area contributed by atoms with Crippen molar-refractivity contribution in [3.63, 3.8) is 0 Å². The Morgan fingerprint density at radius 1 is 1.05 bits per heavy atom. The highest BCUT2D eigenvalue weighted by atomic mass is 32.1. The summed E-state index contributed by atoms with van der Waals surface area (Å²) in [4.78, 5) is 18.0. The van der Waals surface area contributed by atoms with E-state index in [0.717, 1.165) is 16.5 Å². The molecule has 1 N–H and O–H groups in total. The number of anilines is 1. The maximum absolute atomic E-state index is 12.6. The van der Waals surface area contributed by atoms with Crippen molar-refractivity contribution in [1.82, 2.24) is 14.6 Å². The summed E-state index contributed by atoms with van der Waals surface area (Å²) < 4.78 is 24.7. The molecule has 39 heavy (non-hydrogen) atoms. The Kier molecular flexibility index (Phi) is 6.37. The van der Waals surface area contributed by atoms with Gasteiger partial charge >= 0.3 is 0 Å². The summed E-state index contributed by atoms with van der Waals surface area (Å²) in [5, 5.41) is 8.60. The van der Waals surface area contributed by atoms with Crippen molar-refractivity contribution in [1.29, 1.82) is 0 Å². The first-order valence-corrected chi connectivity index (χ1v) is 12.9. The fourth-order valence-electron chi connectivity index (χ4n) is 4.14. The molecule has 0 saturated heterocycles. The molecule has 0 unspecified atom stereocenters. The Morgan fingerprint density at radius 3 is 2.67 bits per heavy atom. The number of amides is 1. The number of rotatable bonds is 8. The van der Waals surface area contributed by atoms with Gasteiger partial charge in [-0.1, -0.05) is 29.8 Å². The number of fused-ring (bicyclic) bond motifs is 2. The minimum absolute atomic E-state index is 0.165. The molecule has 0 aliphatic carbocycles. The molecule has 3 aromatic heterocycles. The zero-order valence-corrected chi connectivity index (χ0v) is 22.2. The van der Waals surface area contributed by atoms with Crippen LogP contribution in [0.2, 0.25) is 0 Å². The molecule has 0 bridgehead atoms. The number of furan rings is 1. The van der Waals surface area contributed by atoms with E-state index in [4.69, 9.17) is 18.6 Å². The molecule has 10 heteroatoms. The number of hydrogen-bond donors (Lipinski definition) is 1. The van der Waals surface area contributed by atoms with Crippen molar-refractivity contribution in [2.75, 3.05) is 19.5 Å². The summed E-state index contributed by atoms with van der Waals surface area (Å²) in [7, 11) is 3.17. The molecule has 3 heterocycles. The van der Waals surface area contributed by atoms with Crippen LogP contribution in [0.5, 0.6) is 16.7 Å². The third kappa shape index (κ3) is 5.01. The Hall–Kier alpha value is -4.83. The summed E-state index contributed by atoms with van der Waals surface area (Å²) >= 11 is 1.34. The summed E-state index contributed by atoms with van der Waals surface area (Å²) in [5.41, 5.74) is 4.54. The van der Waals surface area contributed by atoms with Crippen molar-refractivity contribution in [3.8, 4) is 28.1 Å². The van der Waals surface area contributed by atoms with Gasteiger partial charge in [0.1, 0.15) is 29.4 Å². The Morgan fingerprint density at radius 2 is 1.90 bits per heavy atom. The van der Waals surface area contributed by atoms with E-state index in [0.29, 0.717) is 49.9 Å². The first-order chi connectivity index (χ1) is 19.0. The molecule has 0 aliphatic heterocycles. The number of carbonyl (C=O) groups excluding carboxylic acids is 1. The summed E-state index contributed by atoms with van der Waals surface area (Å²) in [6.07, 6.45) is 1.79. The van der Waals surface area contributed by atoms with Gasteiger partial charge in [-0.05, 0) is 54.2 Å². The van der Waals surface area contributed by atoms with E-state index in [-0.39, 0.29) is 12.5 Å². The highest BCUT2D eigenvalue weighted by Crippen LogP contribution is 2.37. The van der Waals surface area contributed by atoms with Gasteiger partial charge in [0.05, 0.1) is 25.8 Å². The fourth-order valence-corrected chi connectivity index (χ4v) is 4.84. The topological polar surface area (TPSA) is 100 Å². The van der Waals surface area contributed by atoms with Gasteiger partial charge in [-0.2, -0.15) is 0 Å². The van der Waals surface area contributed by atoms with Crippen LogP contribution >= 0.6 is 11.3 Å². The van der Waals surface area contributed by atoms with Crippen LogP contribution in [0, 0.1) is 6.92 Å². The molecule has 0 saturated carbocycles. The SMILES string of the molecule is COc1cc(OCc2cccc(NC(=O)c3ccc(C)cc3)c2)c2cc(-c3cn4nc(OC)sc4n3)oc2c1. The van der Waals surface area contributed by atoms with Crippen LogP contribution in [0.4, 0.5) is 5.69 Å². The monoisotopic (exact) mass is 540 g/mol. The van der Waals surface area contributed by atoms with Gasteiger partial charge in [0.25, 0.3) is 11.1 Å². The van der Waals surface area contributed by atoms with Crippen LogP contribution in [0.15, 0.2) is 77.3 Å². The second kappa shape index (κ2) is 10.1. The number of methoxy groups -OCH3 is 2. The number of hydrogen-bond acceptors (Lipinski definition) is 8. The Bertz CT molecular complexity index is 1770. The molecular weight excluding hydrogens is 516 g/mol. The third-order valence-corrected chi connectivity index (χ3v) is 7.04. The predicted molar refractivity (Wildman–Crippen MR) is 149 cm³/mol. The number of carbonyl (C=O) groups is 1. The van der Waals surface area contributed by atoms with E-state index in [2.05, 4.69) is 15.4 Å². The number of ether oxygens (including phenoxy) is 3. The molecule has 6 aromatic rings. The maximum atomic E-state index is 12.6. The molecule has 0 spiro atoms. The average Bonchev–Trinajstić information content (AvgIpc) is 3.65. The van der Waals surface area contributed by atoms with Gasteiger partial charge in [0.2, 0.25) is 4.96 Å². The fraction of sp³-hybridized carbons (Fsp3) is 0.138. The van der Waals surface area contributed by atoms with E-state index in [1.165, 1.54) is 11.3 Å². The molecule has 0 atom stereocenters. The van der Waals surface area contributed by atoms with Gasteiger partial charge in [-0.25, -0.2) is 9.50 Å². The molecular formula is C29H24N4O5S. The lowest BCUT2D eigenvalue weighted by Crippen LogP contribution is -2.12. The molecule has 0 aliphatic rings. The van der Waals surface area contributed by atoms with Crippen molar-refractivity contribution in [2.24, 2.45) is 0 Å². The van der Waals surface area contributed by atoms with Crippen LogP contribution in [0.25, 0.3) is 27.4 Å². The van der Waals surface area contributed by atoms with Crippen molar-refractivity contribution in [2.45, 2.75) is 13.5 Å². The van der Waals surface area contributed by atoms with E-state index >= 15 is 0 Å². The van der Waals surface area contributed by atoms with Gasteiger partial charge in [-0.3, -0.25) is 4.79 Å². The second-order valence-electron chi connectivity index (χ2n) is 8.88. The van der Waals surface area contributed by atoms with Crippen LogP contribution in [0.1, 0.15) is 21.5 Å². The largest absolute Gasteiger partial charge is 0.496 e. The van der Waals surface area contributed by atoms with E-state index in [1.807, 2.05) is 73.7 Å². The smallest absolute Gasteiger partial charge is 0.294 e. The number of imidazole rings is 1. The van der Waals surface area contributed by atoms with Crippen LogP contribution < -0.4 is 19.5 Å². The Labute approximate surface area is 227 Å². The number of aromatic nitrogens is 3. The van der Waals surface area contributed by atoms with Gasteiger partial charge < -0.3 is 23.9 Å². The molecule has 3 aromatic carbocycles. The molecule has 0 fully saturated rings. The van der Waals surface area contributed by atoms with E-state index < -0.39 is 0 Å². The standard InChI is InChI=1S/C29H24N4O5S/c1-17-7-9-19(10-8-17)27(34)30-20-6-4-5-18(11-20)16-37-24-12-21(35-2)13-25-22(24)14-26(38-25)23-15-33-28(31-23)39-29(32-33)36-3/h4-15H,16H2,1-3H3,(H,30,34). The van der Waals surface area contributed by atoms with Crippen LogP contribution in [0.3, 0.4) is 0 Å². The minimum Gasteiger partial charge on any atom is -0.496 e. The highest BCUT2D eigenvalue weighted by Gasteiger charge is 2.17. The molecule has 196 valence electrons. The lowest BCUT2D eigenvalue weighted by atomic mass is 10.1. The lowest BCUT2D eigenvalue weighted by molar-refractivity contribution is 0.102. The normalized spacial score (nSPS) is 11.2. The minimum atomic E-state index is -0.165. The second-order valence-corrected chi connectivity index (χ2v) is 9.80. The Balaban J connectivity index is 1.23. The number of nitrogens with one attached hydrogen (secondary N) is 1. The maximum Gasteiger partial charge on any atom is 0.294 e. The van der Waals surface area contributed by atoms with Crippen molar-refractivity contribution in [3.05, 3.63) is 89.6 Å². The first kappa shape index (κ1) is 24.5. The first-order valence-electron chi connectivity index (χ1n) is 12.1. The number of benzene rings is 3. The molecule has 6 rings (SSSR count). The third-order valence-electron chi connectivity index (χ3n) is 6.15. The predicted octanol–water partition coefficient (Wildman–Crippen LogP) is 6.36. The summed E-state index contributed by atoms with van der Waals surface area (Å²) in [6.45, 7) is 2.27. The summed E-state index contributed by atoms with van der Waals surface area (Å²) in [6, 6.07) is 20.5. The average molecular weight is 541 g/mol. The molecule has 1 amide bonds. The van der Waals surface area contributed by atoms with Gasteiger partial charge in [0, 0.05) is 23.4 Å². The van der Waals surface area contributed by atoms with Crippen LogP contribution in [-0.2, 0) is 6.61 Å². The zero-order valence-electron chi connectivity index (χ0n) is 21.4.